The molecule has 0 radical (unpaired) electrons. The van der Waals surface area contributed by atoms with Gasteiger partial charge in [-0.25, -0.2) is 8.42 Å². The lowest BCUT2D eigenvalue weighted by molar-refractivity contribution is -0.0440. The second kappa shape index (κ2) is 10.0. The lowest BCUT2D eigenvalue weighted by atomic mass is 10.2. The van der Waals surface area contributed by atoms with Crippen molar-refractivity contribution in [1.82, 2.24) is 14.5 Å². The minimum Gasteiger partial charge on any atom is -0.407 e. The van der Waals surface area contributed by atoms with Crippen molar-refractivity contribution in [3.05, 3.63) is 66.1 Å². The van der Waals surface area contributed by atoms with Crippen LogP contribution in [0.15, 0.2) is 68.8 Å². The second-order valence-corrected chi connectivity index (χ2v) is 10.6. The van der Waals surface area contributed by atoms with E-state index in [0.717, 1.165) is 4.90 Å². The van der Waals surface area contributed by atoms with Gasteiger partial charge in [-0.2, -0.15) is 4.31 Å². The molecule has 1 saturated heterocycles. The first-order chi connectivity index (χ1) is 15.8. The van der Waals surface area contributed by atoms with E-state index in [4.69, 9.17) is 9.15 Å². The van der Waals surface area contributed by atoms with Gasteiger partial charge in [0.1, 0.15) is 0 Å². The Morgan fingerprint density at radius 3 is 2.39 bits per heavy atom. The molecule has 0 bridgehead atoms. The molecule has 174 valence electrons. The highest BCUT2D eigenvalue weighted by Crippen LogP contribution is 2.23. The van der Waals surface area contributed by atoms with Gasteiger partial charge >= 0.3 is 6.01 Å². The third kappa shape index (κ3) is 5.80. The topological polar surface area (TPSA) is 115 Å². The molecule has 1 aliphatic rings. The van der Waals surface area contributed by atoms with Crippen LogP contribution in [0.1, 0.15) is 30.1 Å². The van der Waals surface area contributed by atoms with Gasteiger partial charge in [-0.3, -0.25) is 10.1 Å². The average Bonchev–Trinajstić information content (AvgIpc) is 3.25. The van der Waals surface area contributed by atoms with E-state index in [-0.39, 0.29) is 41.8 Å². The van der Waals surface area contributed by atoms with Crippen molar-refractivity contribution in [3.63, 3.8) is 0 Å². The lowest BCUT2D eigenvalue weighted by Gasteiger charge is -2.34. The summed E-state index contributed by atoms with van der Waals surface area (Å²) in [6.45, 7) is 4.26. The number of hydrogen-bond acceptors (Lipinski definition) is 8. The van der Waals surface area contributed by atoms with Crippen LogP contribution in [0.5, 0.6) is 0 Å². The summed E-state index contributed by atoms with van der Waals surface area (Å²) in [7, 11) is -3.68. The molecule has 4 rings (SSSR count). The molecule has 0 saturated carbocycles. The highest BCUT2D eigenvalue weighted by molar-refractivity contribution is 7.98. The summed E-state index contributed by atoms with van der Waals surface area (Å²) in [6, 6.07) is 15.5. The summed E-state index contributed by atoms with van der Waals surface area (Å²) in [6.07, 6.45) is -0.363. The maximum Gasteiger partial charge on any atom is 0.322 e. The van der Waals surface area contributed by atoms with Gasteiger partial charge in [0.25, 0.3) is 5.91 Å². The summed E-state index contributed by atoms with van der Waals surface area (Å²) in [5.41, 5.74) is 0.274. The lowest BCUT2D eigenvalue weighted by Crippen LogP contribution is -2.48. The zero-order valence-corrected chi connectivity index (χ0v) is 19.8. The minimum atomic E-state index is -3.68. The van der Waals surface area contributed by atoms with Crippen molar-refractivity contribution in [2.45, 2.75) is 41.6 Å². The molecule has 1 amide bonds. The Balaban J connectivity index is 1.37. The molecule has 0 aliphatic carbocycles. The number of hydrogen-bond donors (Lipinski definition) is 1. The Morgan fingerprint density at radius 1 is 1.06 bits per heavy atom. The average molecular weight is 489 g/mol. The third-order valence-electron chi connectivity index (χ3n) is 4.93. The number of morpholine rings is 1. The van der Waals surface area contributed by atoms with E-state index in [1.165, 1.54) is 28.6 Å². The number of amides is 1. The maximum atomic E-state index is 13.0. The maximum absolute atomic E-state index is 13.0. The van der Waals surface area contributed by atoms with Gasteiger partial charge in [0.2, 0.25) is 15.9 Å². The van der Waals surface area contributed by atoms with Crippen LogP contribution in [0, 0.1) is 0 Å². The van der Waals surface area contributed by atoms with Crippen LogP contribution in [0.3, 0.4) is 0 Å². The molecule has 33 heavy (non-hydrogen) atoms. The SMILES string of the molecule is CC1CN(S(=O)(=O)c2ccc(C(=O)Nc3nnc(CSc4ccccc4)o3)cc2)CC(C)O1. The number of carbonyl (C=O) groups excluding carboxylic acids is 1. The van der Waals surface area contributed by atoms with E-state index < -0.39 is 15.9 Å². The Bertz CT molecular complexity index is 1190. The Kier molecular flexibility index (Phi) is 7.13. The largest absolute Gasteiger partial charge is 0.407 e. The van der Waals surface area contributed by atoms with Crippen molar-refractivity contribution < 1.29 is 22.4 Å². The standard InChI is InChI=1S/C22H24N4O5S2/c1-15-12-26(13-16(2)30-15)33(28,29)19-10-8-17(9-11-19)21(27)23-22-25-24-20(31-22)14-32-18-6-4-3-5-7-18/h3-11,15-16H,12-14H2,1-2H3,(H,23,25,27). The Labute approximate surface area is 196 Å². The third-order valence-corrected chi connectivity index (χ3v) is 7.78. The van der Waals surface area contributed by atoms with E-state index >= 15 is 0 Å². The number of nitrogens with zero attached hydrogens (tertiary/aromatic N) is 3. The second-order valence-electron chi connectivity index (χ2n) is 7.66. The molecule has 2 atom stereocenters. The monoisotopic (exact) mass is 488 g/mol. The quantitative estimate of drug-likeness (QED) is 0.503. The number of nitrogens with one attached hydrogen (secondary N) is 1. The van der Waals surface area contributed by atoms with Crippen LogP contribution in [-0.2, 0) is 20.5 Å². The van der Waals surface area contributed by atoms with Gasteiger partial charge in [0, 0.05) is 23.5 Å². The molecule has 2 aromatic carbocycles. The van der Waals surface area contributed by atoms with Crippen molar-refractivity contribution in [1.29, 1.82) is 0 Å². The zero-order chi connectivity index (χ0) is 23.4. The normalized spacial score (nSPS) is 19.3. The van der Waals surface area contributed by atoms with E-state index in [9.17, 15) is 13.2 Å². The molecular weight excluding hydrogens is 464 g/mol. The van der Waals surface area contributed by atoms with E-state index in [1.807, 2.05) is 44.2 Å². The van der Waals surface area contributed by atoms with Crippen molar-refractivity contribution >= 4 is 33.7 Å². The van der Waals surface area contributed by atoms with Crippen LogP contribution in [-0.4, -0.2) is 54.1 Å². The predicted molar refractivity (Wildman–Crippen MR) is 123 cm³/mol. The van der Waals surface area contributed by atoms with Gasteiger partial charge < -0.3 is 9.15 Å². The number of thioether (sulfide) groups is 1. The molecule has 2 unspecified atom stereocenters. The molecule has 3 aromatic rings. The molecule has 9 nitrogen and oxygen atoms in total. The van der Waals surface area contributed by atoms with E-state index in [0.29, 0.717) is 11.6 Å². The smallest absolute Gasteiger partial charge is 0.322 e. The molecule has 1 N–H and O–H groups in total. The first kappa shape index (κ1) is 23.4. The van der Waals surface area contributed by atoms with E-state index in [1.54, 1.807) is 11.8 Å². The summed E-state index contributed by atoms with van der Waals surface area (Å²) in [5.74, 6) is 0.381. The fraction of sp³-hybridized carbons (Fsp3) is 0.318. The molecule has 11 heteroatoms. The highest BCUT2D eigenvalue weighted by Gasteiger charge is 2.32. The van der Waals surface area contributed by atoms with Crippen LogP contribution >= 0.6 is 11.8 Å². The van der Waals surface area contributed by atoms with Crippen molar-refractivity contribution in [3.8, 4) is 0 Å². The number of carbonyl (C=O) groups is 1. The zero-order valence-electron chi connectivity index (χ0n) is 18.2. The predicted octanol–water partition coefficient (Wildman–Crippen LogP) is 3.41. The van der Waals surface area contributed by atoms with E-state index in [2.05, 4.69) is 15.5 Å². The molecule has 1 aromatic heterocycles. The van der Waals surface area contributed by atoms with Crippen LogP contribution < -0.4 is 5.32 Å². The number of anilines is 1. The first-order valence-corrected chi connectivity index (χ1v) is 12.8. The Morgan fingerprint density at radius 2 is 1.73 bits per heavy atom. The minimum absolute atomic E-state index is 0.0170. The molecular formula is C22H24N4O5S2. The Hall–Kier alpha value is -2.73. The first-order valence-electron chi connectivity index (χ1n) is 10.4. The van der Waals surface area contributed by atoms with Gasteiger partial charge in [0.15, 0.2) is 0 Å². The van der Waals surface area contributed by atoms with Crippen LogP contribution in [0.2, 0.25) is 0 Å². The summed E-state index contributed by atoms with van der Waals surface area (Å²) in [5, 5.41) is 10.3. The number of aromatic nitrogens is 2. The summed E-state index contributed by atoms with van der Waals surface area (Å²) < 4.78 is 38.4. The molecule has 1 aliphatic heterocycles. The van der Waals surface area contributed by atoms with Crippen molar-refractivity contribution in [2.75, 3.05) is 18.4 Å². The number of sulfonamides is 1. The van der Waals surface area contributed by atoms with Gasteiger partial charge in [-0.1, -0.05) is 23.3 Å². The van der Waals surface area contributed by atoms with Gasteiger partial charge in [-0.05, 0) is 50.2 Å². The summed E-state index contributed by atoms with van der Waals surface area (Å²) >= 11 is 1.54. The fourth-order valence-electron chi connectivity index (χ4n) is 3.45. The number of ether oxygens (including phenoxy) is 1. The molecule has 1 fully saturated rings. The molecule has 2 heterocycles. The van der Waals surface area contributed by atoms with Gasteiger partial charge in [-0.15, -0.1) is 16.9 Å². The van der Waals surface area contributed by atoms with Crippen molar-refractivity contribution in [2.24, 2.45) is 0 Å². The number of rotatable bonds is 7. The van der Waals surface area contributed by atoms with Crippen LogP contribution in [0.25, 0.3) is 0 Å². The molecule has 0 spiro atoms. The summed E-state index contributed by atoms with van der Waals surface area (Å²) in [4.78, 5) is 13.7. The highest BCUT2D eigenvalue weighted by atomic mass is 32.2. The van der Waals surface area contributed by atoms with Gasteiger partial charge in [0.05, 0.1) is 22.9 Å². The fourth-order valence-corrected chi connectivity index (χ4v) is 5.79. The number of benzene rings is 2. The van der Waals surface area contributed by atoms with Crippen LogP contribution in [0.4, 0.5) is 6.01 Å².